The van der Waals surface area contributed by atoms with Crippen LogP contribution in [-0.2, 0) is 12.4 Å². The first-order valence-corrected chi connectivity index (χ1v) is 5.80. The van der Waals surface area contributed by atoms with E-state index in [2.05, 4.69) is 15.9 Å². The highest BCUT2D eigenvalue weighted by Gasteiger charge is 2.38. The van der Waals surface area contributed by atoms with Crippen LogP contribution < -0.4 is 0 Å². The van der Waals surface area contributed by atoms with Gasteiger partial charge in [-0.3, -0.25) is 0 Å². The van der Waals surface area contributed by atoms with Gasteiger partial charge in [-0.25, -0.2) is 0 Å². The van der Waals surface area contributed by atoms with E-state index in [0.717, 1.165) is 0 Å². The zero-order valence-electron chi connectivity index (χ0n) is 9.77. The van der Waals surface area contributed by atoms with E-state index in [4.69, 9.17) is 10.5 Å². The number of rotatable bonds is 1. The molecule has 0 atom stereocenters. The third-order valence-corrected chi connectivity index (χ3v) is 2.95. The van der Waals surface area contributed by atoms with Crippen molar-refractivity contribution in [1.29, 1.82) is 10.5 Å². The van der Waals surface area contributed by atoms with Crippen molar-refractivity contribution in [3.63, 3.8) is 0 Å². The molecule has 0 heterocycles. The molecule has 0 bridgehead atoms. The van der Waals surface area contributed by atoms with Crippen molar-refractivity contribution in [1.82, 2.24) is 0 Å². The van der Waals surface area contributed by atoms with Crippen LogP contribution in [0.4, 0.5) is 26.3 Å². The summed E-state index contributed by atoms with van der Waals surface area (Å²) in [6.07, 6.45) is -9.36. The van der Waals surface area contributed by atoms with Crippen molar-refractivity contribution in [3.8, 4) is 12.1 Å². The van der Waals surface area contributed by atoms with Crippen molar-refractivity contribution in [2.75, 3.05) is 0 Å². The molecule has 1 rings (SSSR count). The highest BCUT2D eigenvalue weighted by molar-refractivity contribution is 9.10. The van der Waals surface area contributed by atoms with E-state index in [1.54, 1.807) is 0 Å². The van der Waals surface area contributed by atoms with Gasteiger partial charge < -0.3 is 0 Å². The smallest absolute Gasteiger partial charge is 0.192 e. The average molecular weight is 369 g/mol. The third kappa shape index (κ3) is 3.99. The zero-order chi connectivity index (χ0) is 16.4. The molecule has 0 saturated heterocycles. The van der Waals surface area contributed by atoms with Crippen LogP contribution in [0.5, 0.6) is 0 Å². The van der Waals surface area contributed by atoms with Crippen molar-refractivity contribution < 1.29 is 26.3 Å². The Kier molecular flexibility index (Phi) is 4.69. The predicted molar refractivity (Wildman–Crippen MR) is 63.3 cm³/mol. The topological polar surface area (TPSA) is 47.6 Å². The molecule has 21 heavy (non-hydrogen) atoms. The Morgan fingerprint density at radius 3 is 1.81 bits per heavy atom. The SMILES string of the molecule is N#CC(C#N)=Cc1cc(C(F)(F)F)c(Br)cc1C(F)(F)F. The lowest BCUT2D eigenvalue weighted by atomic mass is 10.0. The number of alkyl halides is 6. The second-order valence-corrected chi connectivity index (χ2v) is 4.55. The fraction of sp³-hybridized carbons (Fsp3) is 0.167. The fourth-order valence-electron chi connectivity index (χ4n) is 1.42. The summed E-state index contributed by atoms with van der Waals surface area (Å²) in [5, 5.41) is 17.0. The Balaban J connectivity index is 3.71. The fourth-order valence-corrected chi connectivity index (χ4v) is 1.99. The Morgan fingerprint density at radius 1 is 0.952 bits per heavy atom. The number of hydrogen-bond acceptors (Lipinski definition) is 2. The molecule has 0 aliphatic heterocycles. The Hall–Kier alpha value is -2.00. The molecule has 0 aliphatic rings. The van der Waals surface area contributed by atoms with Crippen LogP contribution in [0, 0.1) is 22.7 Å². The van der Waals surface area contributed by atoms with Gasteiger partial charge in [0.15, 0.2) is 0 Å². The standard InChI is InChI=1S/C12H3BrF6N2/c13-10-3-8(11(14,15)16)7(1-6(4-20)5-21)2-9(10)12(17,18)19/h1-3H. The number of halogens is 7. The second-order valence-electron chi connectivity index (χ2n) is 3.70. The largest absolute Gasteiger partial charge is 0.417 e. The maximum atomic E-state index is 12.8. The van der Waals surface area contributed by atoms with E-state index in [1.807, 2.05) is 0 Å². The molecule has 0 N–H and O–H groups in total. The number of allylic oxidation sites excluding steroid dienone is 1. The van der Waals surface area contributed by atoms with Crippen molar-refractivity contribution in [2.24, 2.45) is 0 Å². The highest BCUT2D eigenvalue weighted by atomic mass is 79.9. The second kappa shape index (κ2) is 5.78. The molecule has 1 aromatic rings. The van der Waals surface area contributed by atoms with Gasteiger partial charge in [0, 0.05) is 4.47 Å². The maximum Gasteiger partial charge on any atom is 0.417 e. The summed E-state index contributed by atoms with van der Waals surface area (Å²) >= 11 is 2.44. The molecular formula is C12H3BrF6N2. The number of benzene rings is 1. The van der Waals surface area contributed by atoms with Crippen LogP contribution in [0.1, 0.15) is 16.7 Å². The summed E-state index contributed by atoms with van der Waals surface area (Å²) in [6, 6.07) is 3.09. The van der Waals surface area contributed by atoms with Gasteiger partial charge in [-0.05, 0) is 23.8 Å². The summed E-state index contributed by atoms with van der Waals surface area (Å²) in [4.78, 5) is 0. The van der Waals surface area contributed by atoms with Gasteiger partial charge in [0.1, 0.15) is 17.7 Å². The zero-order valence-corrected chi connectivity index (χ0v) is 11.4. The molecule has 0 unspecified atom stereocenters. The molecular weight excluding hydrogens is 366 g/mol. The Bertz CT molecular complexity index is 657. The first kappa shape index (κ1) is 17.1. The van der Waals surface area contributed by atoms with Gasteiger partial charge in [0.25, 0.3) is 0 Å². The van der Waals surface area contributed by atoms with Gasteiger partial charge in [-0.2, -0.15) is 36.9 Å². The average Bonchev–Trinajstić information content (AvgIpc) is 2.34. The lowest BCUT2D eigenvalue weighted by Crippen LogP contribution is -2.12. The van der Waals surface area contributed by atoms with Gasteiger partial charge in [0.2, 0.25) is 0 Å². The molecule has 110 valence electrons. The van der Waals surface area contributed by atoms with Crippen LogP contribution in [-0.4, -0.2) is 0 Å². The highest BCUT2D eigenvalue weighted by Crippen LogP contribution is 2.41. The predicted octanol–water partition coefficient (Wildman–Crippen LogP) is 4.92. The summed E-state index contributed by atoms with van der Waals surface area (Å²) in [6.45, 7) is 0. The molecule has 0 aliphatic carbocycles. The first-order chi connectivity index (χ1) is 9.50. The molecule has 0 fully saturated rings. The summed E-state index contributed by atoms with van der Waals surface area (Å²) < 4.78 is 75.8. The molecule has 0 spiro atoms. The summed E-state index contributed by atoms with van der Waals surface area (Å²) in [7, 11) is 0. The molecule has 9 heteroatoms. The molecule has 2 nitrogen and oxygen atoms in total. The molecule has 0 aromatic heterocycles. The van der Waals surface area contributed by atoms with Gasteiger partial charge in [-0.15, -0.1) is 0 Å². The van der Waals surface area contributed by atoms with Gasteiger partial charge in [0.05, 0.1) is 11.1 Å². The summed E-state index contributed by atoms with van der Waals surface area (Å²) in [5.41, 5.74) is -4.37. The van der Waals surface area contributed by atoms with Crippen molar-refractivity contribution >= 4 is 22.0 Å². The lowest BCUT2D eigenvalue weighted by Gasteiger charge is -2.15. The van der Waals surface area contributed by atoms with Crippen LogP contribution in [0.3, 0.4) is 0 Å². The summed E-state index contributed by atoms with van der Waals surface area (Å²) in [5.74, 6) is 0. The molecule has 1 aromatic carbocycles. The van der Waals surface area contributed by atoms with Crippen LogP contribution >= 0.6 is 15.9 Å². The quantitative estimate of drug-likeness (QED) is 0.521. The number of nitrogens with zero attached hydrogens (tertiary/aromatic N) is 2. The molecule has 0 amide bonds. The first-order valence-electron chi connectivity index (χ1n) is 5.00. The van der Waals surface area contributed by atoms with E-state index >= 15 is 0 Å². The van der Waals surface area contributed by atoms with Crippen LogP contribution in [0.25, 0.3) is 6.08 Å². The minimum absolute atomic E-state index is 0.238. The van der Waals surface area contributed by atoms with E-state index in [-0.39, 0.29) is 12.1 Å². The lowest BCUT2D eigenvalue weighted by molar-refractivity contribution is -0.141. The number of hydrogen-bond donors (Lipinski definition) is 0. The number of nitriles is 2. The maximum absolute atomic E-state index is 12.8. The minimum Gasteiger partial charge on any atom is -0.192 e. The van der Waals surface area contributed by atoms with Crippen molar-refractivity contribution in [2.45, 2.75) is 12.4 Å². The monoisotopic (exact) mass is 368 g/mol. The van der Waals surface area contributed by atoms with E-state index in [9.17, 15) is 26.3 Å². The van der Waals surface area contributed by atoms with E-state index in [1.165, 1.54) is 12.1 Å². The normalized spacial score (nSPS) is 11.5. The Labute approximate surface area is 123 Å². The minimum atomic E-state index is -4.94. The third-order valence-electron chi connectivity index (χ3n) is 2.29. The molecule has 0 saturated carbocycles. The van der Waals surface area contributed by atoms with E-state index < -0.39 is 39.1 Å². The molecule has 0 radical (unpaired) electrons. The Morgan fingerprint density at radius 2 is 1.43 bits per heavy atom. The van der Waals surface area contributed by atoms with Gasteiger partial charge in [-0.1, -0.05) is 15.9 Å². The van der Waals surface area contributed by atoms with E-state index in [0.29, 0.717) is 6.08 Å². The van der Waals surface area contributed by atoms with Crippen LogP contribution in [0.15, 0.2) is 22.2 Å². The van der Waals surface area contributed by atoms with Gasteiger partial charge >= 0.3 is 12.4 Å². The van der Waals surface area contributed by atoms with Crippen molar-refractivity contribution in [3.05, 3.63) is 38.9 Å². The van der Waals surface area contributed by atoms with Crippen LogP contribution in [0.2, 0.25) is 0 Å².